The monoisotopic (exact) mass is 548 g/mol. The molecule has 1 atom stereocenters. The van der Waals surface area contributed by atoms with Gasteiger partial charge in [-0.05, 0) is 67.8 Å². The molecule has 4 aromatic rings. The summed E-state index contributed by atoms with van der Waals surface area (Å²) in [6, 6.07) is 22.2. The van der Waals surface area contributed by atoms with Crippen molar-refractivity contribution in [3.8, 4) is 22.8 Å². The number of nitrogens with two attached hydrogens (primary N) is 1. The van der Waals surface area contributed by atoms with Crippen molar-refractivity contribution in [2.75, 3.05) is 25.6 Å². The zero-order valence-corrected chi connectivity index (χ0v) is 22.7. The maximum absolute atomic E-state index is 13.0. The number of fused-ring (bicyclic) bond motifs is 1. The average Bonchev–Trinajstić information content (AvgIpc) is 2.94. The van der Waals surface area contributed by atoms with Crippen LogP contribution in [0, 0.1) is 6.92 Å². The highest BCUT2D eigenvalue weighted by Crippen LogP contribution is 2.32. The summed E-state index contributed by atoms with van der Waals surface area (Å²) < 4.78 is 48.7. The van der Waals surface area contributed by atoms with E-state index >= 15 is 0 Å². The Morgan fingerprint density at radius 1 is 1.00 bits per heavy atom. The molecule has 1 aliphatic rings. The van der Waals surface area contributed by atoms with Gasteiger partial charge >= 0.3 is 10.1 Å². The zero-order valence-electron chi connectivity index (χ0n) is 21.8. The lowest BCUT2D eigenvalue weighted by Gasteiger charge is -2.25. The molecule has 0 saturated carbocycles. The molecule has 5 rings (SSSR count). The minimum atomic E-state index is -4.02. The Bertz CT molecular complexity index is 1530. The van der Waals surface area contributed by atoms with Crippen molar-refractivity contribution >= 4 is 26.7 Å². The van der Waals surface area contributed by atoms with E-state index in [0.29, 0.717) is 36.6 Å². The van der Waals surface area contributed by atoms with Gasteiger partial charge in [0.15, 0.2) is 6.29 Å². The van der Waals surface area contributed by atoms with E-state index < -0.39 is 16.4 Å². The fourth-order valence-electron chi connectivity index (χ4n) is 4.40. The highest BCUT2D eigenvalue weighted by Gasteiger charge is 2.25. The predicted molar refractivity (Wildman–Crippen MR) is 150 cm³/mol. The maximum atomic E-state index is 13.0. The van der Waals surface area contributed by atoms with E-state index in [9.17, 15) is 8.42 Å². The maximum Gasteiger partial charge on any atom is 0.300 e. The lowest BCUT2D eigenvalue weighted by Crippen LogP contribution is -2.26. The summed E-state index contributed by atoms with van der Waals surface area (Å²) in [5, 5.41) is 0.944. The van der Waals surface area contributed by atoms with Crippen LogP contribution in [-0.4, -0.2) is 39.5 Å². The van der Waals surface area contributed by atoms with Crippen molar-refractivity contribution in [2.45, 2.75) is 43.8 Å². The van der Waals surface area contributed by atoms with Gasteiger partial charge in [-0.25, -0.2) is 4.98 Å². The van der Waals surface area contributed by atoms with Crippen LogP contribution in [0.15, 0.2) is 77.7 Å². The van der Waals surface area contributed by atoms with Crippen molar-refractivity contribution < 1.29 is 26.8 Å². The number of aryl methyl sites for hydroxylation is 1. The Kier molecular flexibility index (Phi) is 8.30. The molecule has 2 heterocycles. The summed E-state index contributed by atoms with van der Waals surface area (Å²) in [6.45, 7) is 2.69. The average molecular weight is 549 g/mol. The summed E-state index contributed by atoms with van der Waals surface area (Å²) in [5.41, 5.74) is 9.91. The Balaban J connectivity index is 1.16. The number of nitrogen functional groups attached to an aromatic ring is 1. The van der Waals surface area contributed by atoms with Crippen molar-refractivity contribution in [3.63, 3.8) is 0 Å². The van der Waals surface area contributed by atoms with E-state index in [2.05, 4.69) is 0 Å². The van der Waals surface area contributed by atoms with Gasteiger partial charge in [-0.15, -0.1) is 0 Å². The van der Waals surface area contributed by atoms with E-state index in [1.54, 1.807) is 6.07 Å². The van der Waals surface area contributed by atoms with Crippen molar-refractivity contribution in [1.29, 1.82) is 0 Å². The first-order chi connectivity index (χ1) is 18.9. The van der Waals surface area contributed by atoms with Crippen molar-refractivity contribution in [3.05, 3.63) is 78.4 Å². The second-order valence-electron chi connectivity index (χ2n) is 9.47. The fraction of sp³-hybridized carbons (Fsp3) is 0.300. The molecule has 0 bridgehead atoms. The van der Waals surface area contributed by atoms with Gasteiger partial charge in [0.2, 0.25) is 0 Å². The first kappa shape index (κ1) is 26.9. The van der Waals surface area contributed by atoms with Crippen LogP contribution in [0.4, 0.5) is 5.69 Å². The van der Waals surface area contributed by atoms with Gasteiger partial charge in [-0.3, -0.25) is 4.18 Å². The molecule has 1 saturated heterocycles. The minimum Gasteiger partial charge on any atom is -0.493 e. The molecular formula is C30H32N2O6S. The van der Waals surface area contributed by atoms with Crippen LogP contribution in [0.25, 0.3) is 22.2 Å². The molecule has 1 fully saturated rings. The molecular weight excluding hydrogens is 516 g/mol. The largest absolute Gasteiger partial charge is 0.493 e. The van der Waals surface area contributed by atoms with Crippen molar-refractivity contribution in [2.24, 2.45) is 0 Å². The van der Waals surface area contributed by atoms with Crippen LogP contribution in [0.2, 0.25) is 0 Å². The molecule has 8 nitrogen and oxygen atoms in total. The Morgan fingerprint density at radius 3 is 2.64 bits per heavy atom. The predicted octanol–water partition coefficient (Wildman–Crippen LogP) is 5.87. The van der Waals surface area contributed by atoms with Gasteiger partial charge in [-0.2, -0.15) is 8.42 Å². The van der Waals surface area contributed by atoms with Gasteiger partial charge in [-0.1, -0.05) is 30.3 Å². The van der Waals surface area contributed by atoms with E-state index in [0.717, 1.165) is 41.4 Å². The SMILES string of the molecule is Cc1cccc(S(=O)(=O)OCCCOc2ccc3nc(-c4ccc(N)cc4)ccc3c2)c1OC1CCCCO1. The number of benzene rings is 3. The number of ether oxygens (including phenoxy) is 3. The van der Waals surface area contributed by atoms with E-state index in [-0.39, 0.29) is 17.3 Å². The summed E-state index contributed by atoms with van der Waals surface area (Å²) in [4.78, 5) is 4.74. The van der Waals surface area contributed by atoms with Gasteiger partial charge in [0, 0.05) is 29.5 Å². The third-order valence-electron chi connectivity index (χ3n) is 6.50. The number of nitrogens with zero attached hydrogens (tertiary/aromatic N) is 1. The van der Waals surface area contributed by atoms with Gasteiger partial charge < -0.3 is 19.9 Å². The van der Waals surface area contributed by atoms with Crippen LogP contribution in [0.3, 0.4) is 0 Å². The van der Waals surface area contributed by atoms with E-state index in [1.807, 2.05) is 67.6 Å². The molecule has 1 aliphatic heterocycles. The summed E-state index contributed by atoms with van der Waals surface area (Å²) in [5.74, 6) is 0.958. The second kappa shape index (κ2) is 12.0. The van der Waals surface area contributed by atoms with Crippen LogP contribution in [0.1, 0.15) is 31.2 Å². The van der Waals surface area contributed by atoms with Gasteiger partial charge in [0.25, 0.3) is 0 Å². The highest BCUT2D eigenvalue weighted by molar-refractivity contribution is 7.86. The number of rotatable bonds is 10. The van der Waals surface area contributed by atoms with E-state index in [4.69, 9.17) is 29.1 Å². The summed E-state index contributed by atoms with van der Waals surface area (Å²) in [6.07, 6.45) is 2.61. The molecule has 2 N–H and O–H groups in total. The van der Waals surface area contributed by atoms with Gasteiger partial charge in [0.05, 0.1) is 31.0 Å². The van der Waals surface area contributed by atoms with E-state index in [1.165, 1.54) is 6.07 Å². The fourth-order valence-corrected chi connectivity index (χ4v) is 5.54. The lowest BCUT2D eigenvalue weighted by molar-refractivity contribution is -0.107. The first-order valence-electron chi connectivity index (χ1n) is 13.1. The standard InChI is InChI=1S/C30H32N2O6S/c1-21-6-4-7-28(30(21)38-29-8-2-3-17-36-29)39(33,34)37-19-5-18-35-25-14-16-27-23(20-25)11-15-26(32-27)22-9-12-24(31)13-10-22/h4,6-7,9-16,20,29H,2-3,5,8,17-19,31H2,1H3. The minimum absolute atomic E-state index is 0.0120. The number of pyridine rings is 1. The lowest BCUT2D eigenvalue weighted by atomic mass is 10.1. The summed E-state index contributed by atoms with van der Waals surface area (Å²) >= 11 is 0. The third-order valence-corrected chi connectivity index (χ3v) is 7.83. The molecule has 39 heavy (non-hydrogen) atoms. The van der Waals surface area contributed by atoms with Crippen LogP contribution in [-0.2, 0) is 19.0 Å². The number of hydrogen-bond donors (Lipinski definition) is 1. The Hall–Kier alpha value is -3.66. The number of anilines is 1. The molecule has 0 spiro atoms. The highest BCUT2D eigenvalue weighted by atomic mass is 32.2. The normalized spacial score (nSPS) is 15.8. The quantitative estimate of drug-likeness (QED) is 0.149. The molecule has 0 amide bonds. The molecule has 204 valence electrons. The van der Waals surface area contributed by atoms with Crippen LogP contribution >= 0.6 is 0 Å². The first-order valence-corrected chi connectivity index (χ1v) is 14.5. The Labute approximate surface area is 228 Å². The van der Waals surface area contributed by atoms with Crippen molar-refractivity contribution in [1.82, 2.24) is 4.98 Å². The number of para-hydroxylation sites is 1. The molecule has 0 aliphatic carbocycles. The number of hydrogen-bond acceptors (Lipinski definition) is 8. The van der Waals surface area contributed by atoms with Crippen LogP contribution in [0.5, 0.6) is 11.5 Å². The smallest absolute Gasteiger partial charge is 0.300 e. The number of aromatic nitrogens is 1. The molecule has 3 aromatic carbocycles. The topological polar surface area (TPSA) is 110 Å². The second-order valence-corrected chi connectivity index (χ2v) is 11.1. The molecule has 1 unspecified atom stereocenters. The van der Waals surface area contributed by atoms with Crippen LogP contribution < -0.4 is 15.2 Å². The van der Waals surface area contributed by atoms with Gasteiger partial charge in [0.1, 0.15) is 16.4 Å². The molecule has 0 radical (unpaired) electrons. The zero-order chi connectivity index (χ0) is 27.2. The third kappa shape index (κ3) is 6.68. The Morgan fingerprint density at radius 2 is 1.85 bits per heavy atom. The summed E-state index contributed by atoms with van der Waals surface area (Å²) in [7, 11) is -4.02. The molecule has 1 aromatic heterocycles. The molecule has 9 heteroatoms.